The minimum absolute atomic E-state index is 0.169. The molecule has 6 nitrogen and oxygen atoms in total. The fourth-order valence-electron chi connectivity index (χ4n) is 3.22. The maximum absolute atomic E-state index is 6.37. The first-order valence-corrected chi connectivity index (χ1v) is 11.4. The van der Waals surface area contributed by atoms with E-state index in [1.165, 1.54) is 0 Å². The predicted molar refractivity (Wildman–Crippen MR) is 81.8 cm³/mol. The van der Waals surface area contributed by atoms with Crippen LogP contribution in [0.4, 0.5) is 0 Å². The number of fused-ring (bicyclic) bond motifs is 1. The first-order chi connectivity index (χ1) is 9.96. The Bertz CT molecular complexity index is 432. The molecule has 0 radical (unpaired) electrons. The maximum Gasteiger partial charge on any atom is 0.190 e. The summed E-state index contributed by atoms with van der Waals surface area (Å²) in [6.45, 7) is 14.6. The molecule has 7 heteroatoms. The van der Waals surface area contributed by atoms with Gasteiger partial charge in [0.25, 0.3) is 0 Å². The van der Waals surface area contributed by atoms with Crippen LogP contribution in [0.3, 0.4) is 0 Å². The summed E-state index contributed by atoms with van der Waals surface area (Å²) in [5, 5.41) is 0. The van der Waals surface area contributed by atoms with Gasteiger partial charge in [0.15, 0.2) is 26.2 Å². The Hall–Kier alpha value is -0.0231. The lowest BCUT2D eigenvalue weighted by atomic mass is 10.1. The van der Waals surface area contributed by atoms with E-state index in [0.717, 1.165) is 0 Å². The van der Waals surface area contributed by atoms with Crippen LogP contribution < -0.4 is 0 Å². The Balaban J connectivity index is 1.78. The molecular formula is C15H28O6Si. The minimum Gasteiger partial charge on any atom is -0.409 e. The summed E-state index contributed by atoms with van der Waals surface area (Å²) >= 11 is 0. The topological polar surface area (TPSA) is 55.4 Å². The monoisotopic (exact) mass is 332 g/mol. The number of ether oxygens (including phenoxy) is 5. The van der Waals surface area contributed by atoms with E-state index in [-0.39, 0.29) is 24.4 Å². The average molecular weight is 332 g/mol. The van der Waals surface area contributed by atoms with Crippen LogP contribution in [0, 0.1) is 0 Å². The lowest BCUT2D eigenvalue weighted by Gasteiger charge is -2.32. The number of rotatable bonds is 3. The highest BCUT2D eigenvalue weighted by Gasteiger charge is 2.59. The fourth-order valence-corrected chi connectivity index (χ4v) is 4.31. The standard InChI is InChI=1S/C15H28O6Si/c1-14(2)16-8-9(18-14)10-11(21-22(5,6)7)12-13(17-10)20-15(3,4)19-12/h9-13H,8H2,1-7H3/t9-,10-,11-,12?,13-/m1/s1. The lowest BCUT2D eigenvalue weighted by Crippen LogP contribution is -2.48. The Morgan fingerprint density at radius 2 is 1.59 bits per heavy atom. The summed E-state index contributed by atoms with van der Waals surface area (Å²) in [4.78, 5) is 0. The molecule has 0 saturated carbocycles. The molecule has 128 valence electrons. The van der Waals surface area contributed by atoms with Crippen LogP contribution in [-0.2, 0) is 28.1 Å². The van der Waals surface area contributed by atoms with Gasteiger partial charge in [0.05, 0.1) is 6.61 Å². The van der Waals surface area contributed by atoms with Crippen LogP contribution in [0.1, 0.15) is 27.7 Å². The second-order valence-electron chi connectivity index (χ2n) is 8.13. The van der Waals surface area contributed by atoms with Gasteiger partial charge in [0, 0.05) is 0 Å². The van der Waals surface area contributed by atoms with Crippen molar-refractivity contribution in [2.45, 2.75) is 89.6 Å². The van der Waals surface area contributed by atoms with Gasteiger partial charge in [-0.2, -0.15) is 0 Å². The summed E-state index contributed by atoms with van der Waals surface area (Å²) in [5.74, 6) is -1.23. The molecule has 0 amide bonds. The van der Waals surface area contributed by atoms with Gasteiger partial charge in [-0.05, 0) is 47.3 Å². The van der Waals surface area contributed by atoms with E-state index >= 15 is 0 Å². The molecule has 3 saturated heterocycles. The van der Waals surface area contributed by atoms with E-state index in [4.69, 9.17) is 28.1 Å². The Morgan fingerprint density at radius 3 is 2.14 bits per heavy atom. The molecule has 0 aromatic carbocycles. The van der Waals surface area contributed by atoms with Crippen LogP contribution in [0.25, 0.3) is 0 Å². The van der Waals surface area contributed by atoms with Gasteiger partial charge in [0.1, 0.15) is 24.4 Å². The van der Waals surface area contributed by atoms with Crippen molar-refractivity contribution < 1.29 is 28.1 Å². The van der Waals surface area contributed by atoms with Gasteiger partial charge in [-0.3, -0.25) is 0 Å². The van der Waals surface area contributed by atoms with Crippen molar-refractivity contribution in [3.63, 3.8) is 0 Å². The number of hydrogen-bond donors (Lipinski definition) is 0. The van der Waals surface area contributed by atoms with Crippen LogP contribution in [0.2, 0.25) is 19.6 Å². The highest BCUT2D eigenvalue weighted by molar-refractivity contribution is 6.69. The van der Waals surface area contributed by atoms with Crippen LogP contribution in [-0.4, -0.2) is 57.2 Å². The molecule has 0 aromatic rings. The molecule has 0 bridgehead atoms. The molecule has 1 unspecified atom stereocenters. The van der Waals surface area contributed by atoms with E-state index in [9.17, 15) is 0 Å². The SMILES string of the molecule is CC1(C)OC2[C@H](O[C@H]([C@H]3COC(C)(C)O3)[C@H]2O[Si](C)(C)C)O1. The zero-order chi connectivity index (χ0) is 16.3. The van der Waals surface area contributed by atoms with Crippen molar-refractivity contribution in [2.24, 2.45) is 0 Å². The molecule has 3 heterocycles. The average Bonchev–Trinajstić information content (AvgIpc) is 2.89. The lowest BCUT2D eigenvalue weighted by molar-refractivity contribution is -0.230. The highest BCUT2D eigenvalue weighted by Crippen LogP contribution is 2.42. The number of hydrogen-bond acceptors (Lipinski definition) is 6. The minimum atomic E-state index is -1.77. The molecule has 0 aliphatic carbocycles. The largest absolute Gasteiger partial charge is 0.409 e. The maximum atomic E-state index is 6.37. The van der Waals surface area contributed by atoms with E-state index in [0.29, 0.717) is 6.61 Å². The Labute approximate surface area is 133 Å². The zero-order valence-corrected chi connectivity index (χ0v) is 15.5. The first-order valence-electron chi connectivity index (χ1n) is 7.97. The van der Waals surface area contributed by atoms with Gasteiger partial charge >= 0.3 is 0 Å². The molecule has 3 fully saturated rings. The predicted octanol–water partition coefficient (Wildman–Crippen LogP) is 2.23. The van der Waals surface area contributed by atoms with E-state index in [2.05, 4.69) is 19.6 Å². The Morgan fingerprint density at radius 1 is 0.909 bits per heavy atom. The summed E-state index contributed by atoms with van der Waals surface area (Å²) in [5.41, 5.74) is 0. The van der Waals surface area contributed by atoms with Gasteiger partial charge in [-0.1, -0.05) is 0 Å². The third-order valence-electron chi connectivity index (χ3n) is 3.91. The summed E-state index contributed by atoms with van der Waals surface area (Å²) in [7, 11) is -1.77. The molecule has 5 atom stereocenters. The molecule has 22 heavy (non-hydrogen) atoms. The summed E-state index contributed by atoms with van der Waals surface area (Å²) in [6.07, 6.45) is -1.23. The molecule has 3 aliphatic heterocycles. The molecule has 3 rings (SSSR count). The molecule has 3 aliphatic rings. The zero-order valence-electron chi connectivity index (χ0n) is 14.5. The van der Waals surface area contributed by atoms with Crippen molar-refractivity contribution in [1.82, 2.24) is 0 Å². The van der Waals surface area contributed by atoms with Crippen LogP contribution in [0.15, 0.2) is 0 Å². The van der Waals surface area contributed by atoms with E-state index < -0.39 is 26.2 Å². The molecule has 0 spiro atoms. The molecule has 0 N–H and O–H groups in total. The fraction of sp³-hybridized carbons (Fsp3) is 1.00. The smallest absolute Gasteiger partial charge is 0.190 e. The highest BCUT2D eigenvalue weighted by atomic mass is 28.4. The molecule has 0 aromatic heterocycles. The normalized spacial score (nSPS) is 43.5. The first kappa shape index (κ1) is 16.8. The second kappa shape index (κ2) is 5.24. The van der Waals surface area contributed by atoms with Crippen molar-refractivity contribution in [1.29, 1.82) is 0 Å². The van der Waals surface area contributed by atoms with Gasteiger partial charge in [0.2, 0.25) is 0 Å². The third kappa shape index (κ3) is 3.40. The Kier molecular flexibility index (Phi) is 4.01. The molecular weight excluding hydrogens is 304 g/mol. The second-order valence-corrected chi connectivity index (χ2v) is 12.6. The van der Waals surface area contributed by atoms with Crippen molar-refractivity contribution in [3.05, 3.63) is 0 Å². The summed E-state index contributed by atoms with van der Waals surface area (Å²) in [6, 6.07) is 0. The van der Waals surface area contributed by atoms with Crippen LogP contribution >= 0.6 is 0 Å². The quantitative estimate of drug-likeness (QED) is 0.739. The van der Waals surface area contributed by atoms with E-state index in [1.807, 2.05) is 27.7 Å². The van der Waals surface area contributed by atoms with Crippen molar-refractivity contribution in [3.8, 4) is 0 Å². The van der Waals surface area contributed by atoms with Gasteiger partial charge < -0.3 is 28.1 Å². The van der Waals surface area contributed by atoms with Crippen LogP contribution in [0.5, 0.6) is 0 Å². The van der Waals surface area contributed by atoms with Gasteiger partial charge in [-0.25, -0.2) is 0 Å². The van der Waals surface area contributed by atoms with Gasteiger partial charge in [-0.15, -0.1) is 0 Å². The van der Waals surface area contributed by atoms with Crippen molar-refractivity contribution >= 4 is 8.32 Å². The van der Waals surface area contributed by atoms with Crippen molar-refractivity contribution in [2.75, 3.05) is 6.61 Å². The third-order valence-corrected chi connectivity index (χ3v) is 4.89. The van der Waals surface area contributed by atoms with E-state index in [1.54, 1.807) is 0 Å². The summed E-state index contributed by atoms with van der Waals surface area (Å²) < 4.78 is 36.0.